The predicted molar refractivity (Wildman–Crippen MR) is 85.4 cm³/mol. The molecule has 4 heteroatoms. The Morgan fingerprint density at radius 2 is 1.90 bits per heavy atom. The molecule has 0 bridgehead atoms. The fourth-order valence-electron chi connectivity index (χ4n) is 2.77. The van der Waals surface area contributed by atoms with E-state index in [1.165, 1.54) is 5.56 Å². The zero-order chi connectivity index (χ0) is 15.2. The van der Waals surface area contributed by atoms with Crippen LogP contribution in [0.1, 0.15) is 45.9 Å². The Morgan fingerprint density at radius 1 is 1.25 bits per heavy atom. The van der Waals surface area contributed by atoms with Gasteiger partial charge in [-0.2, -0.15) is 0 Å². The van der Waals surface area contributed by atoms with E-state index in [2.05, 4.69) is 62.1 Å². The lowest BCUT2D eigenvalue weighted by molar-refractivity contribution is 0.0908. The van der Waals surface area contributed by atoms with Gasteiger partial charge in [0.1, 0.15) is 0 Å². The first kappa shape index (κ1) is 17.1. The molecule has 0 saturated carbocycles. The van der Waals surface area contributed by atoms with Crippen LogP contribution in [0.15, 0.2) is 18.3 Å². The van der Waals surface area contributed by atoms with Gasteiger partial charge in [-0.25, -0.2) is 0 Å². The summed E-state index contributed by atoms with van der Waals surface area (Å²) >= 11 is 0. The topological polar surface area (TPSA) is 54.2 Å². The van der Waals surface area contributed by atoms with Gasteiger partial charge in [0, 0.05) is 29.9 Å². The molecule has 1 rings (SSSR count). The van der Waals surface area contributed by atoms with E-state index in [1.54, 1.807) is 0 Å². The summed E-state index contributed by atoms with van der Waals surface area (Å²) in [6.07, 6.45) is 3.83. The molecule has 1 heterocycles. The number of nitrogens with two attached hydrogens (primary N) is 1. The predicted octanol–water partition coefficient (Wildman–Crippen LogP) is 2.14. The minimum absolute atomic E-state index is 0.0106. The lowest BCUT2D eigenvalue weighted by Gasteiger charge is -2.43. The van der Waals surface area contributed by atoms with Crippen molar-refractivity contribution in [2.75, 3.05) is 13.1 Å². The first-order chi connectivity index (χ1) is 9.49. The first-order valence-electron chi connectivity index (χ1n) is 7.64. The highest BCUT2D eigenvalue weighted by molar-refractivity contribution is 5.15. The van der Waals surface area contributed by atoms with Crippen LogP contribution < -0.4 is 11.3 Å². The maximum atomic E-state index is 5.81. The Balaban J connectivity index is 2.84. The zero-order valence-electron chi connectivity index (χ0n) is 13.6. The van der Waals surface area contributed by atoms with Crippen molar-refractivity contribution < 1.29 is 0 Å². The van der Waals surface area contributed by atoms with Crippen molar-refractivity contribution >= 4 is 0 Å². The maximum absolute atomic E-state index is 5.81. The first-order valence-corrected chi connectivity index (χ1v) is 7.64. The van der Waals surface area contributed by atoms with Crippen molar-refractivity contribution in [3.63, 3.8) is 0 Å². The van der Waals surface area contributed by atoms with Gasteiger partial charge >= 0.3 is 0 Å². The Bertz CT molecular complexity index is 382. The molecule has 0 aliphatic carbocycles. The number of hydrogen-bond donors (Lipinski definition) is 2. The summed E-state index contributed by atoms with van der Waals surface area (Å²) in [7, 11) is 0. The molecular formula is C16H30N4. The van der Waals surface area contributed by atoms with Crippen LogP contribution in [0.5, 0.6) is 0 Å². The summed E-state index contributed by atoms with van der Waals surface area (Å²) in [6.45, 7) is 13.0. The molecule has 0 aliphatic rings. The highest BCUT2D eigenvalue weighted by Gasteiger charge is 2.33. The molecule has 0 saturated heterocycles. The Kier molecular flexibility index (Phi) is 6.59. The van der Waals surface area contributed by atoms with E-state index >= 15 is 0 Å². The fraction of sp³-hybridized carbons (Fsp3) is 0.688. The summed E-state index contributed by atoms with van der Waals surface area (Å²) in [6, 6.07) is 4.43. The minimum atomic E-state index is -0.0106. The van der Waals surface area contributed by atoms with Gasteiger partial charge in [-0.05, 0) is 45.0 Å². The Hall–Kier alpha value is -0.970. The molecule has 0 aromatic carbocycles. The van der Waals surface area contributed by atoms with E-state index in [4.69, 9.17) is 5.84 Å². The molecule has 1 unspecified atom stereocenters. The number of aromatic nitrogens is 1. The molecule has 0 radical (unpaired) electrons. The summed E-state index contributed by atoms with van der Waals surface area (Å²) in [4.78, 5) is 6.98. The summed E-state index contributed by atoms with van der Waals surface area (Å²) in [5.74, 6) is 5.81. The van der Waals surface area contributed by atoms with E-state index in [9.17, 15) is 0 Å². The van der Waals surface area contributed by atoms with Crippen molar-refractivity contribution in [1.82, 2.24) is 15.3 Å². The molecule has 3 N–H and O–H groups in total. The minimum Gasteiger partial charge on any atom is -0.297 e. The number of rotatable bonds is 8. The standard InChI is InChI=1S/C16H30N4/c1-6-13-9-10-14(18-12-13)11-15(19-17)16(4,5)20(7-2)8-3/h9-10,12,15,19H,6-8,11,17H2,1-5H3. The number of likely N-dealkylation sites (N-methyl/N-ethyl adjacent to an activating group) is 1. The largest absolute Gasteiger partial charge is 0.297 e. The number of nitrogens with one attached hydrogen (secondary N) is 1. The Morgan fingerprint density at radius 3 is 2.30 bits per heavy atom. The fourth-order valence-corrected chi connectivity index (χ4v) is 2.77. The van der Waals surface area contributed by atoms with Crippen LogP contribution in [0.3, 0.4) is 0 Å². The molecule has 1 aromatic rings. The number of aryl methyl sites for hydroxylation is 1. The number of hydrazine groups is 1. The molecule has 20 heavy (non-hydrogen) atoms. The van der Waals surface area contributed by atoms with Crippen LogP contribution in [-0.4, -0.2) is 34.6 Å². The second-order valence-corrected chi connectivity index (χ2v) is 5.76. The second kappa shape index (κ2) is 7.72. The van der Waals surface area contributed by atoms with Crippen molar-refractivity contribution in [3.8, 4) is 0 Å². The number of pyridine rings is 1. The average molecular weight is 278 g/mol. The van der Waals surface area contributed by atoms with Crippen LogP contribution in [0.4, 0.5) is 0 Å². The van der Waals surface area contributed by atoms with Crippen LogP contribution in [0.2, 0.25) is 0 Å². The van der Waals surface area contributed by atoms with Gasteiger partial charge in [-0.3, -0.25) is 21.2 Å². The Labute approximate surface area is 123 Å². The second-order valence-electron chi connectivity index (χ2n) is 5.76. The van der Waals surface area contributed by atoms with Crippen LogP contribution in [0.25, 0.3) is 0 Å². The van der Waals surface area contributed by atoms with E-state index in [0.717, 1.165) is 31.6 Å². The maximum Gasteiger partial charge on any atom is 0.0444 e. The molecular weight excluding hydrogens is 248 g/mol. The number of nitrogens with zero attached hydrogens (tertiary/aromatic N) is 2. The highest BCUT2D eigenvalue weighted by Crippen LogP contribution is 2.21. The van der Waals surface area contributed by atoms with Gasteiger partial charge in [0.05, 0.1) is 0 Å². The highest BCUT2D eigenvalue weighted by atomic mass is 15.3. The summed E-state index contributed by atoms with van der Waals surface area (Å²) < 4.78 is 0. The zero-order valence-corrected chi connectivity index (χ0v) is 13.6. The molecule has 0 spiro atoms. The molecule has 4 nitrogen and oxygen atoms in total. The van der Waals surface area contributed by atoms with Gasteiger partial charge in [0.15, 0.2) is 0 Å². The van der Waals surface area contributed by atoms with Gasteiger partial charge in [0.25, 0.3) is 0 Å². The molecule has 0 amide bonds. The molecule has 1 aromatic heterocycles. The van der Waals surface area contributed by atoms with Crippen molar-refractivity contribution in [3.05, 3.63) is 29.6 Å². The molecule has 0 fully saturated rings. The van der Waals surface area contributed by atoms with Gasteiger partial charge in [-0.15, -0.1) is 0 Å². The van der Waals surface area contributed by atoms with Crippen LogP contribution in [0, 0.1) is 0 Å². The van der Waals surface area contributed by atoms with E-state index in [-0.39, 0.29) is 11.6 Å². The third kappa shape index (κ3) is 4.01. The average Bonchev–Trinajstić information content (AvgIpc) is 2.46. The quantitative estimate of drug-likeness (QED) is 0.565. The van der Waals surface area contributed by atoms with Gasteiger partial charge in [0.2, 0.25) is 0 Å². The molecule has 114 valence electrons. The smallest absolute Gasteiger partial charge is 0.0444 e. The van der Waals surface area contributed by atoms with Crippen molar-refractivity contribution in [2.45, 2.75) is 59.0 Å². The third-order valence-electron chi connectivity index (χ3n) is 4.34. The van der Waals surface area contributed by atoms with Gasteiger partial charge < -0.3 is 0 Å². The summed E-state index contributed by atoms with van der Waals surface area (Å²) in [5.41, 5.74) is 5.34. The van der Waals surface area contributed by atoms with E-state index < -0.39 is 0 Å². The lowest BCUT2D eigenvalue weighted by atomic mass is 9.89. The molecule has 1 atom stereocenters. The van der Waals surface area contributed by atoms with Crippen LogP contribution >= 0.6 is 0 Å². The third-order valence-corrected chi connectivity index (χ3v) is 4.34. The van der Waals surface area contributed by atoms with Crippen molar-refractivity contribution in [2.24, 2.45) is 5.84 Å². The van der Waals surface area contributed by atoms with Gasteiger partial charge in [-0.1, -0.05) is 26.8 Å². The normalized spacial score (nSPS) is 13.8. The SMILES string of the molecule is CCc1ccc(CC(NN)C(C)(C)N(CC)CC)nc1. The lowest BCUT2D eigenvalue weighted by Crippen LogP contribution is -2.60. The number of hydrogen-bond acceptors (Lipinski definition) is 4. The summed E-state index contributed by atoms with van der Waals surface area (Å²) in [5, 5.41) is 0. The monoisotopic (exact) mass is 278 g/mol. The van der Waals surface area contributed by atoms with E-state index in [0.29, 0.717) is 0 Å². The molecule has 0 aliphatic heterocycles. The van der Waals surface area contributed by atoms with Crippen LogP contribution in [-0.2, 0) is 12.8 Å². The van der Waals surface area contributed by atoms with Crippen molar-refractivity contribution in [1.29, 1.82) is 0 Å². The van der Waals surface area contributed by atoms with E-state index in [1.807, 2.05) is 6.20 Å².